The Morgan fingerprint density at radius 2 is 2.44 bits per heavy atom. The zero-order chi connectivity index (χ0) is 13.0. The van der Waals surface area contributed by atoms with E-state index in [1.54, 1.807) is 7.05 Å². The van der Waals surface area contributed by atoms with Crippen LogP contribution in [0.2, 0.25) is 0 Å². The van der Waals surface area contributed by atoms with Crippen molar-refractivity contribution < 1.29 is 9.53 Å². The summed E-state index contributed by atoms with van der Waals surface area (Å²) < 4.78 is 6.90. The van der Waals surface area contributed by atoms with Gasteiger partial charge in [-0.2, -0.15) is 10.1 Å². The molecule has 2 heterocycles. The van der Waals surface area contributed by atoms with Gasteiger partial charge in [-0.1, -0.05) is 6.92 Å². The lowest BCUT2D eigenvalue weighted by atomic mass is 10.0. The average molecular weight is 253 g/mol. The molecule has 1 saturated heterocycles. The fraction of sp³-hybridized carbons (Fsp3) is 0.727. The lowest BCUT2D eigenvalue weighted by Gasteiger charge is -2.17. The summed E-state index contributed by atoms with van der Waals surface area (Å²) in [7, 11) is 1.74. The number of rotatable bonds is 5. The van der Waals surface area contributed by atoms with Crippen LogP contribution in [0, 0.1) is 5.92 Å². The Morgan fingerprint density at radius 3 is 3.11 bits per heavy atom. The van der Waals surface area contributed by atoms with Gasteiger partial charge in [-0.05, 0) is 13.0 Å². The van der Waals surface area contributed by atoms with Crippen LogP contribution >= 0.6 is 0 Å². The van der Waals surface area contributed by atoms with Crippen LogP contribution in [0.5, 0.6) is 0 Å². The molecule has 100 valence electrons. The maximum Gasteiger partial charge on any atom is 0.233 e. The van der Waals surface area contributed by atoms with E-state index in [-0.39, 0.29) is 17.9 Å². The van der Waals surface area contributed by atoms with E-state index < -0.39 is 0 Å². The second kappa shape index (κ2) is 5.92. The van der Waals surface area contributed by atoms with Gasteiger partial charge in [0.2, 0.25) is 11.9 Å². The van der Waals surface area contributed by atoms with Gasteiger partial charge in [-0.15, -0.1) is 0 Å². The van der Waals surface area contributed by atoms with Crippen LogP contribution < -0.4 is 10.6 Å². The average Bonchev–Trinajstić information content (AvgIpc) is 2.96. The number of hydrogen-bond acceptors (Lipinski definition) is 5. The molecule has 7 nitrogen and oxygen atoms in total. The van der Waals surface area contributed by atoms with Crippen LogP contribution in [0.25, 0.3) is 0 Å². The van der Waals surface area contributed by atoms with Gasteiger partial charge >= 0.3 is 0 Å². The van der Waals surface area contributed by atoms with Crippen molar-refractivity contribution in [2.75, 3.05) is 25.1 Å². The third-order valence-corrected chi connectivity index (χ3v) is 3.02. The Hall–Kier alpha value is -1.47. The Kier molecular flexibility index (Phi) is 4.27. The van der Waals surface area contributed by atoms with Crippen molar-refractivity contribution in [2.45, 2.75) is 19.4 Å². The highest BCUT2D eigenvalue weighted by atomic mass is 16.5. The standard InChI is InChI=1S/C11H19N5O2/c1-3-4-12-9-6-18-5-8(9)10(17)15-11-13-7-14-16(11)2/h7-9,12H,3-6H2,1-2H3,(H,13,14,15,17). The van der Waals surface area contributed by atoms with E-state index in [9.17, 15) is 4.79 Å². The number of carbonyl (C=O) groups is 1. The number of nitrogens with zero attached hydrogens (tertiary/aromatic N) is 3. The maximum absolute atomic E-state index is 12.1. The summed E-state index contributed by atoms with van der Waals surface area (Å²) in [5.74, 6) is 0.214. The summed E-state index contributed by atoms with van der Waals surface area (Å²) >= 11 is 0. The first-order valence-corrected chi connectivity index (χ1v) is 6.18. The minimum atomic E-state index is -0.173. The predicted molar refractivity (Wildman–Crippen MR) is 66.0 cm³/mol. The van der Waals surface area contributed by atoms with Crippen LogP contribution in [0.4, 0.5) is 5.95 Å². The molecule has 1 aliphatic heterocycles. The molecule has 0 aromatic carbocycles. The summed E-state index contributed by atoms with van der Waals surface area (Å²) in [6.45, 7) is 4.02. The molecule has 1 aliphatic rings. The van der Waals surface area contributed by atoms with Crippen molar-refractivity contribution in [1.29, 1.82) is 0 Å². The zero-order valence-electron chi connectivity index (χ0n) is 10.7. The molecule has 2 rings (SSSR count). The van der Waals surface area contributed by atoms with Crippen molar-refractivity contribution in [3.63, 3.8) is 0 Å². The van der Waals surface area contributed by atoms with E-state index in [0.717, 1.165) is 13.0 Å². The first kappa shape index (κ1) is 13.0. The molecular formula is C11H19N5O2. The molecule has 0 saturated carbocycles. The number of ether oxygens (including phenoxy) is 1. The minimum absolute atomic E-state index is 0.0720. The molecule has 2 unspecified atom stereocenters. The normalized spacial score (nSPS) is 23.2. The molecule has 0 bridgehead atoms. The molecule has 2 atom stereocenters. The van der Waals surface area contributed by atoms with Crippen molar-refractivity contribution in [3.05, 3.63) is 6.33 Å². The van der Waals surface area contributed by atoms with Crippen molar-refractivity contribution in [1.82, 2.24) is 20.1 Å². The summed E-state index contributed by atoms with van der Waals surface area (Å²) in [6, 6.07) is 0.0816. The zero-order valence-corrected chi connectivity index (χ0v) is 10.7. The maximum atomic E-state index is 12.1. The van der Waals surface area contributed by atoms with E-state index in [4.69, 9.17) is 4.74 Å². The van der Waals surface area contributed by atoms with E-state index in [0.29, 0.717) is 19.2 Å². The van der Waals surface area contributed by atoms with E-state index >= 15 is 0 Å². The second-order valence-corrected chi connectivity index (χ2v) is 4.40. The molecule has 0 aliphatic carbocycles. The molecule has 1 aromatic rings. The molecule has 0 spiro atoms. The highest BCUT2D eigenvalue weighted by molar-refractivity contribution is 5.91. The Labute approximate surface area is 106 Å². The first-order valence-electron chi connectivity index (χ1n) is 6.18. The molecule has 1 aromatic heterocycles. The van der Waals surface area contributed by atoms with Gasteiger partial charge in [0.05, 0.1) is 19.1 Å². The third kappa shape index (κ3) is 2.85. The minimum Gasteiger partial charge on any atom is -0.379 e. The van der Waals surface area contributed by atoms with E-state index in [1.165, 1.54) is 11.0 Å². The molecule has 0 radical (unpaired) electrons. The van der Waals surface area contributed by atoms with Crippen LogP contribution in [0.3, 0.4) is 0 Å². The Morgan fingerprint density at radius 1 is 1.61 bits per heavy atom. The van der Waals surface area contributed by atoms with E-state index in [1.807, 2.05) is 0 Å². The fourth-order valence-corrected chi connectivity index (χ4v) is 1.96. The number of carbonyl (C=O) groups excluding carboxylic acids is 1. The Balaban J connectivity index is 1.93. The molecule has 2 N–H and O–H groups in total. The second-order valence-electron chi connectivity index (χ2n) is 4.40. The highest BCUT2D eigenvalue weighted by Gasteiger charge is 2.34. The smallest absolute Gasteiger partial charge is 0.233 e. The van der Waals surface area contributed by atoms with Crippen molar-refractivity contribution in [2.24, 2.45) is 13.0 Å². The number of aryl methyl sites for hydroxylation is 1. The van der Waals surface area contributed by atoms with Gasteiger partial charge in [0, 0.05) is 13.1 Å². The summed E-state index contributed by atoms with van der Waals surface area (Å²) in [6.07, 6.45) is 2.45. The molecule has 18 heavy (non-hydrogen) atoms. The van der Waals surface area contributed by atoms with Crippen molar-refractivity contribution in [3.8, 4) is 0 Å². The molecule has 7 heteroatoms. The number of anilines is 1. The fourth-order valence-electron chi connectivity index (χ4n) is 1.96. The van der Waals surface area contributed by atoms with E-state index in [2.05, 4.69) is 27.6 Å². The van der Waals surface area contributed by atoms with Gasteiger partial charge in [0.25, 0.3) is 0 Å². The SMILES string of the molecule is CCCNC1COCC1C(=O)Nc1ncnn1C. The van der Waals surface area contributed by atoms with Crippen LogP contribution in [-0.4, -0.2) is 46.5 Å². The quantitative estimate of drug-likeness (QED) is 0.757. The van der Waals surface area contributed by atoms with Crippen LogP contribution in [0.1, 0.15) is 13.3 Å². The third-order valence-electron chi connectivity index (χ3n) is 3.02. The number of hydrogen-bond donors (Lipinski definition) is 2. The predicted octanol–water partition coefficient (Wildman–Crippen LogP) is -0.232. The largest absolute Gasteiger partial charge is 0.379 e. The topological polar surface area (TPSA) is 81.1 Å². The summed E-state index contributed by atoms with van der Waals surface area (Å²) in [5, 5.41) is 10.0. The lowest BCUT2D eigenvalue weighted by molar-refractivity contribution is -0.120. The summed E-state index contributed by atoms with van der Waals surface area (Å²) in [4.78, 5) is 16.1. The monoisotopic (exact) mass is 253 g/mol. The van der Waals surface area contributed by atoms with Crippen LogP contribution in [-0.2, 0) is 16.6 Å². The number of amides is 1. The van der Waals surface area contributed by atoms with Gasteiger partial charge in [0.15, 0.2) is 0 Å². The first-order chi connectivity index (χ1) is 8.72. The van der Waals surface area contributed by atoms with Gasteiger partial charge in [-0.25, -0.2) is 4.68 Å². The van der Waals surface area contributed by atoms with Gasteiger partial charge in [-0.3, -0.25) is 10.1 Å². The van der Waals surface area contributed by atoms with Gasteiger partial charge in [0.1, 0.15) is 6.33 Å². The number of nitrogens with one attached hydrogen (secondary N) is 2. The lowest BCUT2D eigenvalue weighted by Crippen LogP contribution is -2.42. The van der Waals surface area contributed by atoms with Gasteiger partial charge < -0.3 is 10.1 Å². The Bertz CT molecular complexity index is 406. The molecular weight excluding hydrogens is 234 g/mol. The van der Waals surface area contributed by atoms with Crippen molar-refractivity contribution >= 4 is 11.9 Å². The molecule has 1 fully saturated rings. The number of aromatic nitrogens is 3. The summed E-state index contributed by atoms with van der Waals surface area (Å²) in [5.41, 5.74) is 0. The molecule has 1 amide bonds. The van der Waals surface area contributed by atoms with Crippen LogP contribution in [0.15, 0.2) is 6.33 Å². The highest BCUT2D eigenvalue weighted by Crippen LogP contribution is 2.15.